The van der Waals surface area contributed by atoms with E-state index in [1.807, 2.05) is 0 Å². The van der Waals surface area contributed by atoms with Gasteiger partial charge in [0.25, 0.3) is 0 Å². The Balaban J connectivity index is 3.47. The van der Waals surface area contributed by atoms with Gasteiger partial charge in [0.05, 0.1) is 25.3 Å². The summed E-state index contributed by atoms with van der Waals surface area (Å²) >= 11 is -0.537. The maximum Gasteiger partial charge on any atom is 0.446 e. The lowest BCUT2D eigenvalue weighted by atomic mass is 10.1. The molecule has 4 nitrogen and oxygen atoms in total. The highest BCUT2D eigenvalue weighted by Gasteiger charge is 2.33. The highest BCUT2D eigenvalue weighted by atomic mass is 32.2. The minimum absolute atomic E-state index is 0.100. The predicted molar refractivity (Wildman–Crippen MR) is 61.0 cm³/mol. The molecule has 0 fully saturated rings. The number of thioether (sulfide) groups is 1. The number of halogens is 3. The quantitative estimate of drug-likeness (QED) is 0.633. The third-order valence-corrected chi connectivity index (χ3v) is 2.92. The third kappa shape index (κ3) is 3.79. The van der Waals surface area contributed by atoms with Crippen LogP contribution in [0.3, 0.4) is 0 Å². The second kappa shape index (κ2) is 5.84. The molecule has 0 N–H and O–H groups in total. The zero-order valence-electron chi connectivity index (χ0n) is 9.87. The van der Waals surface area contributed by atoms with Crippen molar-refractivity contribution in [3.63, 3.8) is 0 Å². The monoisotopic (exact) mass is 291 g/mol. The van der Waals surface area contributed by atoms with Crippen LogP contribution in [-0.4, -0.2) is 25.7 Å². The first-order valence-electron chi connectivity index (χ1n) is 4.78. The van der Waals surface area contributed by atoms with E-state index in [0.717, 1.165) is 19.2 Å². The van der Waals surface area contributed by atoms with Crippen molar-refractivity contribution in [2.75, 3.05) is 14.2 Å². The molecule has 8 heteroatoms. The highest BCUT2D eigenvalue weighted by molar-refractivity contribution is 8.00. The molecule has 0 aliphatic rings. The summed E-state index contributed by atoms with van der Waals surface area (Å²) in [5.41, 5.74) is -5.29. The van der Waals surface area contributed by atoms with Crippen molar-refractivity contribution in [3.05, 3.63) is 23.3 Å². The molecule has 0 aromatic heterocycles. The molecule has 0 unspecified atom stereocenters. The number of ether oxygens (including phenoxy) is 2. The molecule has 0 aliphatic carbocycles. The van der Waals surface area contributed by atoms with E-state index in [0.29, 0.717) is 0 Å². The first-order valence-corrected chi connectivity index (χ1v) is 5.60. The summed E-state index contributed by atoms with van der Waals surface area (Å²) in [6, 6.07) is 3.83. The Morgan fingerprint density at radius 3 is 2.42 bits per heavy atom. The number of hydrogen-bond donors (Lipinski definition) is 0. The number of rotatable bonds is 3. The van der Waals surface area contributed by atoms with E-state index in [1.54, 1.807) is 6.07 Å². The van der Waals surface area contributed by atoms with Crippen LogP contribution in [0.5, 0.6) is 5.75 Å². The van der Waals surface area contributed by atoms with Crippen LogP contribution in [0.4, 0.5) is 13.2 Å². The number of esters is 1. The minimum Gasteiger partial charge on any atom is -0.497 e. The molecule has 0 spiro atoms. The van der Waals surface area contributed by atoms with Crippen molar-refractivity contribution in [1.29, 1.82) is 5.26 Å². The Labute approximate surface area is 111 Å². The van der Waals surface area contributed by atoms with Gasteiger partial charge in [-0.15, -0.1) is 0 Å². The van der Waals surface area contributed by atoms with Crippen LogP contribution in [0.15, 0.2) is 17.0 Å². The number of methoxy groups -OCH3 is 2. The molecular formula is C11H8F3NO3S. The van der Waals surface area contributed by atoms with Gasteiger partial charge in [0.15, 0.2) is 0 Å². The highest BCUT2D eigenvalue weighted by Crippen LogP contribution is 2.41. The van der Waals surface area contributed by atoms with Gasteiger partial charge in [-0.05, 0) is 23.9 Å². The molecule has 0 saturated carbocycles. The maximum absolute atomic E-state index is 12.5. The van der Waals surface area contributed by atoms with Crippen LogP contribution < -0.4 is 4.74 Å². The van der Waals surface area contributed by atoms with Gasteiger partial charge < -0.3 is 9.47 Å². The fourth-order valence-corrected chi connectivity index (χ4v) is 1.99. The molecule has 0 heterocycles. The largest absolute Gasteiger partial charge is 0.497 e. The molecule has 0 atom stereocenters. The second-order valence-corrected chi connectivity index (χ2v) is 4.28. The van der Waals surface area contributed by atoms with E-state index in [2.05, 4.69) is 4.74 Å². The van der Waals surface area contributed by atoms with Crippen LogP contribution in [0, 0.1) is 11.3 Å². The van der Waals surface area contributed by atoms with Gasteiger partial charge in [0.1, 0.15) is 11.8 Å². The predicted octanol–water partition coefficient (Wildman–Crippen LogP) is 2.97. The maximum atomic E-state index is 12.5. The van der Waals surface area contributed by atoms with Gasteiger partial charge >= 0.3 is 11.5 Å². The molecule has 1 aromatic carbocycles. The van der Waals surface area contributed by atoms with Gasteiger partial charge in [-0.3, -0.25) is 0 Å². The number of benzene rings is 1. The van der Waals surface area contributed by atoms with Crippen LogP contribution in [-0.2, 0) is 4.74 Å². The van der Waals surface area contributed by atoms with E-state index in [1.165, 1.54) is 7.11 Å². The smallest absolute Gasteiger partial charge is 0.446 e. The summed E-state index contributed by atoms with van der Waals surface area (Å²) < 4.78 is 46.6. The van der Waals surface area contributed by atoms with Crippen LogP contribution in [0.2, 0.25) is 0 Å². The Hall–Kier alpha value is -1.88. The zero-order chi connectivity index (χ0) is 14.6. The minimum atomic E-state index is -4.62. The van der Waals surface area contributed by atoms with E-state index >= 15 is 0 Å². The molecule has 19 heavy (non-hydrogen) atoms. The summed E-state index contributed by atoms with van der Waals surface area (Å²) in [5.74, 6) is -0.870. The zero-order valence-corrected chi connectivity index (χ0v) is 10.7. The fourth-order valence-electron chi connectivity index (χ4n) is 1.29. The lowest BCUT2D eigenvalue weighted by molar-refractivity contribution is -0.0328. The average molecular weight is 291 g/mol. The summed E-state index contributed by atoms with van der Waals surface area (Å²) in [4.78, 5) is 11.0. The van der Waals surface area contributed by atoms with Gasteiger partial charge in [-0.1, -0.05) is 0 Å². The van der Waals surface area contributed by atoms with Crippen molar-refractivity contribution < 1.29 is 27.4 Å². The van der Waals surface area contributed by atoms with Crippen molar-refractivity contribution in [2.24, 2.45) is 0 Å². The second-order valence-electron chi connectivity index (χ2n) is 3.20. The van der Waals surface area contributed by atoms with E-state index in [-0.39, 0.29) is 16.9 Å². The summed E-state index contributed by atoms with van der Waals surface area (Å²) in [5, 5.41) is 8.88. The van der Waals surface area contributed by atoms with Gasteiger partial charge in [-0.2, -0.15) is 18.4 Å². The number of alkyl halides is 3. The summed E-state index contributed by atoms with van der Waals surface area (Å²) in [6.45, 7) is 0. The molecule has 0 aliphatic heterocycles. The fraction of sp³-hybridized carbons (Fsp3) is 0.273. The summed E-state index contributed by atoms with van der Waals surface area (Å²) in [7, 11) is 2.31. The van der Waals surface area contributed by atoms with Crippen molar-refractivity contribution in [1.82, 2.24) is 0 Å². The molecule has 0 saturated heterocycles. The topological polar surface area (TPSA) is 59.3 Å². The lowest BCUT2D eigenvalue weighted by Gasteiger charge is -2.13. The Morgan fingerprint density at radius 2 is 2.00 bits per heavy atom. The number of hydrogen-bond acceptors (Lipinski definition) is 5. The molecule has 1 rings (SSSR count). The Kier molecular flexibility index (Phi) is 4.67. The van der Waals surface area contributed by atoms with Gasteiger partial charge in [0, 0.05) is 4.90 Å². The van der Waals surface area contributed by atoms with E-state index < -0.39 is 28.1 Å². The Morgan fingerprint density at radius 1 is 1.37 bits per heavy atom. The number of nitrogens with zero attached hydrogens (tertiary/aromatic N) is 1. The van der Waals surface area contributed by atoms with Crippen molar-refractivity contribution in [2.45, 2.75) is 10.4 Å². The van der Waals surface area contributed by atoms with E-state index in [9.17, 15) is 18.0 Å². The van der Waals surface area contributed by atoms with Crippen molar-refractivity contribution in [3.8, 4) is 11.8 Å². The first-order chi connectivity index (χ1) is 8.82. The molecule has 102 valence electrons. The van der Waals surface area contributed by atoms with Gasteiger partial charge in [0.2, 0.25) is 0 Å². The Bertz CT molecular complexity index is 537. The SMILES string of the molecule is COC(=O)c1cc(OC)cc(C#N)c1SC(F)(F)F. The van der Waals surface area contributed by atoms with Crippen LogP contribution in [0.25, 0.3) is 0 Å². The van der Waals surface area contributed by atoms with Crippen LogP contribution >= 0.6 is 11.8 Å². The molecule has 0 amide bonds. The normalized spacial score (nSPS) is 10.7. The third-order valence-electron chi connectivity index (χ3n) is 2.04. The van der Waals surface area contributed by atoms with Crippen LogP contribution in [0.1, 0.15) is 15.9 Å². The molecule has 0 bridgehead atoms. The summed E-state index contributed by atoms with van der Waals surface area (Å²) in [6.07, 6.45) is 0. The number of nitriles is 1. The van der Waals surface area contributed by atoms with Gasteiger partial charge in [-0.25, -0.2) is 4.79 Å². The average Bonchev–Trinajstić information content (AvgIpc) is 2.36. The number of carbonyl (C=O) groups excluding carboxylic acids is 1. The molecular weight excluding hydrogens is 283 g/mol. The molecule has 1 aromatic rings. The standard InChI is InChI=1S/C11H8F3NO3S/c1-17-7-3-6(5-15)9(19-11(12,13)14)8(4-7)10(16)18-2/h3-4H,1-2H3. The van der Waals surface area contributed by atoms with Crippen molar-refractivity contribution >= 4 is 17.7 Å². The van der Waals surface area contributed by atoms with E-state index in [4.69, 9.17) is 10.00 Å². The lowest BCUT2D eigenvalue weighted by Crippen LogP contribution is -2.09. The number of carbonyl (C=O) groups is 1. The molecule has 0 radical (unpaired) electrons. The first kappa shape index (κ1) is 15.2.